The van der Waals surface area contributed by atoms with E-state index < -0.39 is 91.5 Å². The minimum atomic E-state index is -4.95. The predicted octanol–water partition coefficient (Wildman–Crippen LogP) is 22.9. The fraction of sp³-hybridized carbons (Fsp3) is 0.675. The molecule has 578 valence electrons. The second kappa shape index (κ2) is 75.1. The van der Waals surface area contributed by atoms with Crippen molar-refractivity contribution in [2.45, 2.75) is 322 Å². The molecule has 18 heteroatoms. The molecule has 101 heavy (non-hydrogen) atoms. The summed E-state index contributed by atoms with van der Waals surface area (Å²) in [6.45, 7) is 2.54. The number of carbonyl (C=O) groups is 3. The summed E-state index contributed by atoms with van der Waals surface area (Å²) in [6.07, 6.45) is 91.6. The molecule has 0 aliphatic heterocycles. The van der Waals surface area contributed by atoms with Crippen LogP contribution in [0.15, 0.2) is 146 Å². The van der Waals surface area contributed by atoms with Gasteiger partial charge in [-0.3, -0.25) is 32.5 Å². The van der Waals surface area contributed by atoms with Gasteiger partial charge in [0.15, 0.2) is 6.10 Å². The Morgan fingerprint density at radius 3 is 0.782 bits per heavy atom. The maximum atomic E-state index is 13.0. The van der Waals surface area contributed by atoms with Gasteiger partial charge in [-0.15, -0.1) is 0 Å². The van der Waals surface area contributed by atoms with E-state index in [1.54, 1.807) is 0 Å². The number of hydrogen-bond acceptors (Lipinski definition) is 14. The third-order valence-electron chi connectivity index (χ3n) is 16.0. The van der Waals surface area contributed by atoms with Crippen molar-refractivity contribution in [2.24, 2.45) is 0 Å². The van der Waals surface area contributed by atoms with Crippen molar-refractivity contribution < 1.29 is 75.8 Å². The average Bonchev–Trinajstić information content (AvgIpc) is 0.951. The highest BCUT2D eigenvalue weighted by Crippen LogP contribution is 2.45. The number of aliphatic hydroxyl groups is 2. The molecule has 0 heterocycles. The summed E-state index contributed by atoms with van der Waals surface area (Å²) in [5, 5.41) is 20.6. The van der Waals surface area contributed by atoms with Gasteiger partial charge < -0.3 is 34.2 Å². The molecule has 0 fully saturated rings. The number of unbranched alkanes of at least 4 members (excludes halogenated alkanes) is 26. The maximum Gasteiger partial charge on any atom is 0.472 e. The van der Waals surface area contributed by atoms with E-state index in [1.807, 2.05) is 0 Å². The molecule has 0 saturated heterocycles. The van der Waals surface area contributed by atoms with Crippen LogP contribution in [0.4, 0.5) is 0 Å². The highest BCUT2D eigenvalue weighted by molar-refractivity contribution is 7.47. The van der Waals surface area contributed by atoms with Crippen LogP contribution in [0.1, 0.15) is 303 Å². The minimum Gasteiger partial charge on any atom is -0.463 e. The summed E-state index contributed by atoms with van der Waals surface area (Å²) < 4.78 is 61.1. The molecule has 0 rings (SSSR count). The molecule has 16 nitrogen and oxygen atoms in total. The third-order valence-corrected chi connectivity index (χ3v) is 17.9. The van der Waals surface area contributed by atoms with Gasteiger partial charge in [0.05, 0.1) is 26.4 Å². The van der Waals surface area contributed by atoms with Crippen LogP contribution in [0, 0.1) is 0 Å². The van der Waals surface area contributed by atoms with Gasteiger partial charge in [0, 0.05) is 19.3 Å². The number of carbonyl (C=O) groups excluding carboxylic acids is 3. The molecule has 0 bridgehead atoms. The quantitative estimate of drug-likeness (QED) is 0.0146. The predicted molar refractivity (Wildman–Crippen MR) is 417 cm³/mol. The number of hydrogen-bond donors (Lipinski definition) is 4. The number of aliphatic hydroxyl groups excluding tert-OH is 2. The molecule has 0 amide bonds. The van der Waals surface area contributed by atoms with E-state index in [-0.39, 0.29) is 19.3 Å². The van der Waals surface area contributed by atoms with E-state index in [0.717, 1.165) is 173 Å². The fourth-order valence-electron chi connectivity index (χ4n) is 9.99. The second-order valence-corrected chi connectivity index (χ2v) is 28.7. The van der Waals surface area contributed by atoms with Crippen LogP contribution in [0.2, 0.25) is 0 Å². The molecule has 5 atom stereocenters. The molecule has 0 radical (unpaired) electrons. The second-order valence-electron chi connectivity index (χ2n) is 25.8. The Labute approximate surface area is 613 Å². The Hall–Kier alpha value is -4.57. The highest BCUT2D eigenvalue weighted by atomic mass is 31.2. The molecule has 0 aliphatic carbocycles. The van der Waals surface area contributed by atoms with Crippen molar-refractivity contribution in [3.8, 4) is 0 Å². The summed E-state index contributed by atoms with van der Waals surface area (Å²) in [5.41, 5.74) is 0. The lowest BCUT2D eigenvalue weighted by Gasteiger charge is -2.21. The normalized spacial score (nSPS) is 14.8. The zero-order valence-electron chi connectivity index (χ0n) is 63.0. The van der Waals surface area contributed by atoms with Gasteiger partial charge >= 0.3 is 33.6 Å². The summed E-state index contributed by atoms with van der Waals surface area (Å²) in [6, 6.07) is 0. The van der Waals surface area contributed by atoms with Gasteiger partial charge in [-0.1, -0.05) is 276 Å². The first kappa shape index (κ1) is 96.4. The number of rotatable bonds is 73. The smallest absolute Gasteiger partial charge is 0.463 e. The Bertz CT molecular complexity index is 2420. The first-order valence-electron chi connectivity index (χ1n) is 39.1. The van der Waals surface area contributed by atoms with Crippen molar-refractivity contribution in [2.75, 3.05) is 39.6 Å². The standard InChI is InChI=1S/C83H140O16P2/c1-4-7-10-13-16-19-22-25-28-31-34-37-38-41-43-45-48-51-54-57-60-63-66-69-81(86)93-72-78(84)73-95-100(89,90)96-74-79(85)75-97-101(91,92)98-77-80(99-83(88)71-68-65-62-59-56-53-50-47-44-40-36-33-30-27-24-21-18-15-12-9-6-3)76-94-82(87)70-67-64-61-58-55-52-49-46-42-39-35-32-29-26-23-20-17-14-11-8-5-2/h16-21,25-30,34-37,39-41,43,46-47,49-50,78-80,84-85H,4-15,22-24,31-33,38,42,44-45,48,51-77H2,1-3H3,(H,89,90)(H,91,92)/b19-16-,20-17-,21-18-,28-25-,29-26-,30-27-,37-34-,39-35-,40-36-,43-41-,49-46-,50-47-. The average molecular weight is 1460 g/mol. The fourth-order valence-corrected chi connectivity index (χ4v) is 11.6. The number of phosphoric acid groups is 2. The molecule has 0 aromatic rings. The molecule has 0 saturated carbocycles. The van der Waals surface area contributed by atoms with Crippen molar-refractivity contribution in [1.82, 2.24) is 0 Å². The van der Waals surface area contributed by atoms with Gasteiger partial charge in [-0.05, 0) is 154 Å². The SMILES string of the molecule is CCCCC/C=C\C/C=C\C/C=C\C/C=C\CCCCCCCCCC(=O)OCC(O)COP(=O)(O)OCC(O)COP(=O)(O)OCC(COC(=O)CCCCCCC/C=C\C/C=C\C/C=C\C/C=C\CCCCC)OC(=O)CCCCCCC/C=C\C/C=C\C/C=C\C/C=C\CCCCC. The van der Waals surface area contributed by atoms with Gasteiger partial charge in [0.2, 0.25) is 0 Å². The van der Waals surface area contributed by atoms with Crippen LogP contribution in [-0.4, -0.2) is 95.9 Å². The summed E-state index contributed by atoms with van der Waals surface area (Å²) in [7, 11) is -9.82. The number of esters is 3. The highest BCUT2D eigenvalue weighted by Gasteiger charge is 2.29. The zero-order valence-corrected chi connectivity index (χ0v) is 64.8. The Morgan fingerprint density at radius 1 is 0.277 bits per heavy atom. The zero-order chi connectivity index (χ0) is 73.7. The lowest BCUT2D eigenvalue weighted by atomic mass is 10.1. The van der Waals surface area contributed by atoms with Crippen molar-refractivity contribution >= 4 is 33.6 Å². The topological polar surface area (TPSA) is 231 Å². The van der Waals surface area contributed by atoms with E-state index in [4.69, 9.17) is 32.3 Å². The molecule has 0 spiro atoms. The molecular weight excluding hydrogens is 1310 g/mol. The number of ether oxygens (including phenoxy) is 3. The van der Waals surface area contributed by atoms with Crippen molar-refractivity contribution in [1.29, 1.82) is 0 Å². The number of phosphoric ester groups is 2. The molecule has 0 aliphatic rings. The van der Waals surface area contributed by atoms with Gasteiger partial charge in [0.25, 0.3) is 0 Å². The van der Waals surface area contributed by atoms with Crippen LogP contribution >= 0.6 is 15.6 Å². The van der Waals surface area contributed by atoms with Crippen LogP contribution in [-0.2, 0) is 55.8 Å². The third kappa shape index (κ3) is 76.4. The minimum absolute atomic E-state index is 0.0739. The van der Waals surface area contributed by atoms with Gasteiger partial charge in [0.1, 0.15) is 25.4 Å². The van der Waals surface area contributed by atoms with Gasteiger partial charge in [-0.2, -0.15) is 0 Å². The summed E-state index contributed by atoms with van der Waals surface area (Å²) in [5.74, 6) is -1.63. The summed E-state index contributed by atoms with van der Waals surface area (Å²) >= 11 is 0. The first-order valence-corrected chi connectivity index (χ1v) is 42.1. The van der Waals surface area contributed by atoms with Crippen LogP contribution < -0.4 is 0 Å². The Balaban J connectivity index is 4.76. The lowest BCUT2D eigenvalue weighted by molar-refractivity contribution is -0.161. The van der Waals surface area contributed by atoms with E-state index >= 15 is 0 Å². The van der Waals surface area contributed by atoms with E-state index in [0.29, 0.717) is 19.3 Å². The molecule has 5 unspecified atom stereocenters. The van der Waals surface area contributed by atoms with E-state index in [1.165, 1.54) is 70.6 Å². The van der Waals surface area contributed by atoms with Crippen molar-refractivity contribution in [3.63, 3.8) is 0 Å². The van der Waals surface area contributed by atoms with Crippen LogP contribution in [0.5, 0.6) is 0 Å². The Morgan fingerprint density at radius 2 is 0.495 bits per heavy atom. The molecule has 0 aromatic carbocycles. The number of allylic oxidation sites excluding steroid dienone is 24. The van der Waals surface area contributed by atoms with E-state index in [2.05, 4.69) is 167 Å². The van der Waals surface area contributed by atoms with Crippen molar-refractivity contribution in [3.05, 3.63) is 146 Å². The first-order chi connectivity index (χ1) is 49.2. The van der Waals surface area contributed by atoms with E-state index in [9.17, 15) is 43.5 Å². The lowest BCUT2D eigenvalue weighted by Crippen LogP contribution is -2.30. The van der Waals surface area contributed by atoms with Gasteiger partial charge in [-0.25, -0.2) is 9.13 Å². The largest absolute Gasteiger partial charge is 0.472 e. The molecular formula is C83H140O16P2. The monoisotopic (exact) mass is 1450 g/mol. The van der Waals surface area contributed by atoms with Crippen LogP contribution in [0.25, 0.3) is 0 Å². The van der Waals surface area contributed by atoms with Crippen LogP contribution in [0.3, 0.4) is 0 Å². The molecule has 0 aromatic heterocycles. The maximum absolute atomic E-state index is 13.0. The summed E-state index contributed by atoms with van der Waals surface area (Å²) in [4.78, 5) is 58.7. The Kier molecular flexibility index (Phi) is 71.7. The molecule has 4 N–H and O–H groups in total.